The first-order valence-corrected chi connectivity index (χ1v) is 21.1. The van der Waals surface area contributed by atoms with Crippen LogP contribution in [0.3, 0.4) is 0 Å². The Morgan fingerprint density at radius 2 is 1.67 bits per heavy atom. The minimum absolute atomic E-state index is 0.0463. The molecule has 3 aliphatic heterocycles. The molecule has 8 fully saturated rings. The number of rotatable bonds is 7. The van der Waals surface area contributed by atoms with Crippen molar-refractivity contribution in [3.63, 3.8) is 0 Å². The van der Waals surface area contributed by atoms with Gasteiger partial charge in [0.05, 0.1) is 43.1 Å². The lowest BCUT2D eigenvalue weighted by Gasteiger charge is -2.63. The summed E-state index contributed by atoms with van der Waals surface area (Å²) in [6.45, 7) is 21.1. The van der Waals surface area contributed by atoms with E-state index in [0.29, 0.717) is 43.9 Å². The van der Waals surface area contributed by atoms with E-state index in [1.54, 1.807) is 4.90 Å². The second kappa shape index (κ2) is 12.8. The van der Waals surface area contributed by atoms with Crippen LogP contribution in [0.4, 0.5) is 4.79 Å². The molecule has 10 heteroatoms. The molecule has 0 bridgehead atoms. The first-order valence-electron chi connectivity index (χ1n) is 21.1. The molecule has 10 nitrogen and oxygen atoms in total. The molecule has 8 rings (SSSR count). The quantitative estimate of drug-likeness (QED) is 0.329. The molecule has 52 heavy (non-hydrogen) atoms. The van der Waals surface area contributed by atoms with Gasteiger partial charge in [-0.3, -0.25) is 4.79 Å². The largest absolute Gasteiger partial charge is 0.443 e. The van der Waals surface area contributed by atoms with Gasteiger partial charge in [-0.05, 0) is 115 Å². The van der Waals surface area contributed by atoms with Gasteiger partial charge in [0, 0.05) is 26.1 Å². The molecule has 5 saturated carbocycles. The lowest BCUT2D eigenvalue weighted by Crippen LogP contribution is -2.70. The van der Waals surface area contributed by atoms with Crippen molar-refractivity contribution < 1.29 is 33.6 Å². The minimum Gasteiger partial charge on any atom is -0.443 e. The van der Waals surface area contributed by atoms with E-state index in [-0.39, 0.29) is 82.1 Å². The maximum absolute atomic E-state index is 13.0. The molecule has 3 saturated heterocycles. The summed E-state index contributed by atoms with van der Waals surface area (Å²) < 4.78 is 26.1. The number of nitrogens with two attached hydrogens (primary N) is 1. The lowest BCUT2D eigenvalue weighted by atomic mass is 9.43. The SMILES string of the molecule is CC(C)CC(=O)N1CCO[C@@H](O[C@H]2CCC34CC35CC[C@]3(C)[C@@H]6[C@H](O[C@@H]([C@H](OC(=O)N7CCC7)C(C)C)C[C@H]6C)[C@H](O)[C@@]3(N)[C@@H]5CC[C@H]4C2(C)C)C1. The molecular weight excluding hydrogens is 658 g/mol. The Balaban J connectivity index is 0.994. The molecule has 294 valence electrons. The van der Waals surface area contributed by atoms with E-state index in [4.69, 9.17) is 24.7 Å². The van der Waals surface area contributed by atoms with Crippen LogP contribution in [0, 0.1) is 57.2 Å². The van der Waals surface area contributed by atoms with Crippen molar-refractivity contribution in [3.05, 3.63) is 0 Å². The third-order valence-electron chi connectivity index (χ3n) is 16.9. The van der Waals surface area contributed by atoms with Crippen LogP contribution in [0.15, 0.2) is 0 Å². The molecule has 2 unspecified atom stereocenters. The Kier molecular flexibility index (Phi) is 9.21. The monoisotopic (exact) mass is 728 g/mol. The molecule has 0 aromatic carbocycles. The van der Waals surface area contributed by atoms with E-state index in [1.165, 1.54) is 6.42 Å². The number of aliphatic hydroxyl groups excluding tert-OH is 1. The highest BCUT2D eigenvalue weighted by Crippen LogP contribution is 2.87. The summed E-state index contributed by atoms with van der Waals surface area (Å²) in [6.07, 6.45) is 7.67. The molecule has 3 heterocycles. The van der Waals surface area contributed by atoms with Gasteiger partial charge in [0.15, 0.2) is 6.29 Å². The van der Waals surface area contributed by atoms with Gasteiger partial charge in [0.2, 0.25) is 5.91 Å². The highest BCUT2D eigenvalue weighted by Gasteiger charge is 2.85. The second-order valence-corrected chi connectivity index (χ2v) is 20.5. The Labute approximate surface area is 312 Å². The summed E-state index contributed by atoms with van der Waals surface area (Å²) in [7, 11) is 0. The van der Waals surface area contributed by atoms with Crippen LogP contribution in [-0.4, -0.2) is 102 Å². The number of amides is 2. The minimum atomic E-state index is -0.763. The first kappa shape index (κ1) is 37.5. The third-order valence-corrected chi connectivity index (χ3v) is 16.9. The topological polar surface area (TPSA) is 124 Å². The number of morpholine rings is 1. The third kappa shape index (κ3) is 5.25. The number of carbonyl (C=O) groups excluding carboxylic acids is 2. The van der Waals surface area contributed by atoms with Gasteiger partial charge < -0.3 is 39.6 Å². The van der Waals surface area contributed by atoms with Gasteiger partial charge in [0.1, 0.15) is 6.10 Å². The molecule has 2 spiro atoms. The molecule has 0 radical (unpaired) electrons. The Morgan fingerprint density at radius 3 is 2.35 bits per heavy atom. The van der Waals surface area contributed by atoms with Crippen LogP contribution in [0.2, 0.25) is 0 Å². The van der Waals surface area contributed by atoms with Gasteiger partial charge in [-0.2, -0.15) is 0 Å². The van der Waals surface area contributed by atoms with Crippen molar-refractivity contribution in [2.75, 3.05) is 32.8 Å². The number of fused-ring (bicyclic) bond motifs is 4. The molecular formula is C42H69N3O7. The summed E-state index contributed by atoms with van der Waals surface area (Å²) in [4.78, 5) is 29.6. The molecule has 8 aliphatic rings. The fourth-order valence-corrected chi connectivity index (χ4v) is 14.3. The van der Waals surface area contributed by atoms with Crippen LogP contribution < -0.4 is 5.73 Å². The Hall–Kier alpha value is -1.46. The van der Waals surface area contributed by atoms with Gasteiger partial charge in [-0.25, -0.2) is 4.79 Å². The van der Waals surface area contributed by atoms with Gasteiger partial charge in [-0.1, -0.05) is 55.4 Å². The summed E-state index contributed by atoms with van der Waals surface area (Å²) in [6, 6.07) is 0. The van der Waals surface area contributed by atoms with Crippen molar-refractivity contribution in [2.45, 2.75) is 162 Å². The number of hydrogen-bond donors (Lipinski definition) is 2. The average molecular weight is 728 g/mol. The van der Waals surface area contributed by atoms with E-state index in [1.807, 2.05) is 4.90 Å². The van der Waals surface area contributed by atoms with E-state index in [2.05, 4.69) is 55.4 Å². The smallest absolute Gasteiger partial charge is 0.410 e. The maximum atomic E-state index is 13.0. The fraction of sp³-hybridized carbons (Fsp3) is 0.952. The van der Waals surface area contributed by atoms with E-state index >= 15 is 0 Å². The van der Waals surface area contributed by atoms with Crippen molar-refractivity contribution in [3.8, 4) is 0 Å². The van der Waals surface area contributed by atoms with Crippen molar-refractivity contribution in [2.24, 2.45) is 62.9 Å². The standard InChI is InChI=1S/C42H69N3O7/c1-24(2)20-31(46)45-18-19-49-32(22-45)51-30-12-13-40-23-41(40)15-14-39(8)33-26(5)21-27(34(25(3)4)52-37(48)44-16-9-17-44)50-35(33)36(47)42(39,43)29(41)11-10-28(40)38(30,6)7/h24-30,32-36,47H,9-23,43H2,1-8H3/t26-,27-,28+,29-,30+,32+,33+,34-,35+,36+,39-,40?,41?,42+/m1/s1. The van der Waals surface area contributed by atoms with Crippen LogP contribution >= 0.6 is 0 Å². The van der Waals surface area contributed by atoms with E-state index in [9.17, 15) is 14.7 Å². The molecule has 0 aromatic rings. The number of nitrogens with zero attached hydrogens (tertiary/aromatic N) is 2. The van der Waals surface area contributed by atoms with Crippen molar-refractivity contribution in [1.82, 2.24) is 9.80 Å². The summed E-state index contributed by atoms with van der Waals surface area (Å²) in [5, 5.41) is 12.6. The van der Waals surface area contributed by atoms with E-state index in [0.717, 1.165) is 64.5 Å². The maximum Gasteiger partial charge on any atom is 0.410 e. The molecule has 3 N–H and O–H groups in total. The molecule has 5 aliphatic carbocycles. The van der Waals surface area contributed by atoms with Crippen LogP contribution in [0.5, 0.6) is 0 Å². The zero-order valence-corrected chi connectivity index (χ0v) is 33.4. The number of ether oxygens (including phenoxy) is 4. The van der Waals surface area contributed by atoms with Crippen molar-refractivity contribution >= 4 is 12.0 Å². The number of carbonyl (C=O) groups is 2. The highest BCUT2D eigenvalue weighted by molar-refractivity contribution is 5.76. The van der Waals surface area contributed by atoms with Gasteiger partial charge >= 0.3 is 6.09 Å². The average Bonchev–Trinajstić information content (AvgIpc) is 3.68. The second-order valence-electron chi connectivity index (χ2n) is 20.5. The predicted octanol–water partition coefficient (Wildman–Crippen LogP) is 5.97. The Morgan fingerprint density at radius 1 is 0.962 bits per heavy atom. The van der Waals surface area contributed by atoms with Gasteiger partial charge in [-0.15, -0.1) is 0 Å². The lowest BCUT2D eigenvalue weighted by molar-refractivity contribution is -0.245. The fourth-order valence-electron chi connectivity index (χ4n) is 14.3. The first-order chi connectivity index (χ1) is 24.5. The van der Waals surface area contributed by atoms with Crippen LogP contribution in [-0.2, 0) is 23.7 Å². The molecule has 0 aromatic heterocycles. The number of likely N-dealkylation sites (tertiary alicyclic amines) is 1. The Bertz CT molecular complexity index is 1400. The predicted molar refractivity (Wildman–Crippen MR) is 197 cm³/mol. The zero-order valence-electron chi connectivity index (χ0n) is 33.4. The number of hydrogen-bond acceptors (Lipinski definition) is 8. The molecule has 14 atom stereocenters. The number of aliphatic hydroxyl groups is 1. The summed E-state index contributed by atoms with van der Waals surface area (Å²) >= 11 is 0. The van der Waals surface area contributed by atoms with Crippen LogP contribution in [0.25, 0.3) is 0 Å². The zero-order chi connectivity index (χ0) is 37.2. The van der Waals surface area contributed by atoms with Crippen molar-refractivity contribution in [1.29, 1.82) is 0 Å². The highest BCUT2D eigenvalue weighted by atomic mass is 16.7. The molecule has 2 amide bonds. The van der Waals surface area contributed by atoms with Gasteiger partial charge in [0.25, 0.3) is 0 Å². The van der Waals surface area contributed by atoms with Crippen LogP contribution in [0.1, 0.15) is 120 Å². The normalized spacial score (nSPS) is 48.1. The summed E-state index contributed by atoms with van der Waals surface area (Å²) in [5.41, 5.74) is 7.21. The van der Waals surface area contributed by atoms with E-state index < -0.39 is 11.6 Å². The summed E-state index contributed by atoms with van der Waals surface area (Å²) in [5.74, 6) is 1.84.